The number of piperazine rings is 1. The van der Waals surface area contributed by atoms with Crippen molar-refractivity contribution < 1.29 is 9.18 Å². The SMILES string of the molecule is O=C(Cc1c(F)cccc1Cl)N1CCN(c2ncc(Br)cn2)CC1. The van der Waals surface area contributed by atoms with E-state index in [4.69, 9.17) is 11.6 Å². The Hall–Kier alpha value is -1.73. The van der Waals surface area contributed by atoms with Crippen LogP contribution in [0.2, 0.25) is 5.02 Å². The monoisotopic (exact) mass is 412 g/mol. The molecule has 1 aromatic heterocycles. The van der Waals surface area contributed by atoms with E-state index < -0.39 is 5.82 Å². The van der Waals surface area contributed by atoms with Crippen molar-refractivity contribution in [3.63, 3.8) is 0 Å². The van der Waals surface area contributed by atoms with Crippen LogP contribution in [0.5, 0.6) is 0 Å². The Kier molecular flexibility index (Phi) is 5.30. The zero-order chi connectivity index (χ0) is 17.1. The molecule has 0 unspecified atom stereocenters. The van der Waals surface area contributed by atoms with E-state index in [-0.39, 0.29) is 22.9 Å². The summed E-state index contributed by atoms with van der Waals surface area (Å²) in [5.41, 5.74) is 0.253. The summed E-state index contributed by atoms with van der Waals surface area (Å²) in [7, 11) is 0. The van der Waals surface area contributed by atoms with E-state index in [9.17, 15) is 9.18 Å². The van der Waals surface area contributed by atoms with Crippen molar-refractivity contribution >= 4 is 39.4 Å². The first-order valence-electron chi connectivity index (χ1n) is 7.48. The van der Waals surface area contributed by atoms with Gasteiger partial charge in [-0.2, -0.15) is 0 Å². The van der Waals surface area contributed by atoms with Gasteiger partial charge in [0.2, 0.25) is 11.9 Å². The molecule has 1 aliphatic heterocycles. The molecule has 126 valence electrons. The van der Waals surface area contributed by atoms with E-state index in [0.29, 0.717) is 32.1 Å². The first kappa shape index (κ1) is 17.1. The van der Waals surface area contributed by atoms with E-state index in [1.807, 2.05) is 4.90 Å². The molecule has 24 heavy (non-hydrogen) atoms. The fraction of sp³-hybridized carbons (Fsp3) is 0.312. The fourth-order valence-electron chi connectivity index (χ4n) is 2.59. The van der Waals surface area contributed by atoms with Crippen LogP contribution in [-0.2, 0) is 11.2 Å². The van der Waals surface area contributed by atoms with Gasteiger partial charge in [0.15, 0.2) is 0 Å². The number of hydrogen-bond donors (Lipinski definition) is 0. The molecule has 0 spiro atoms. The number of nitrogens with zero attached hydrogens (tertiary/aromatic N) is 4. The van der Waals surface area contributed by atoms with Gasteiger partial charge in [0.05, 0.1) is 10.9 Å². The molecule has 1 saturated heterocycles. The minimum absolute atomic E-state index is 0.0275. The predicted molar refractivity (Wildman–Crippen MR) is 93.6 cm³/mol. The van der Waals surface area contributed by atoms with E-state index in [1.54, 1.807) is 23.4 Å². The Balaban J connectivity index is 1.60. The number of benzene rings is 1. The van der Waals surface area contributed by atoms with Gasteiger partial charge in [-0.05, 0) is 28.1 Å². The van der Waals surface area contributed by atoms with E-state index in [2.05, 4.69) is 25.9 Å². The van der Waals surface area contributed by atoms with Gasteiger partial charge in [-0.15, -0.1) is 0 Å². The highest BCUT2D eigenvalue weighted by atomic mass is 79.9. The van der Waals surface area contributed by atoms with Crippen molar-refractivity contribution in [1.82, 2.24) is 14.9 Å². The second-order valence-corrected chi connectivity index (χ2v) is 6.77. The Bertz CT molecular complexity index is 715. The number of amides is 1. The summed E-state index contributed by atoms with van der Waals surface area (Å²) >= 11 is 9.29. The summed E-state index contributed by atoms with van der Waals surface area (Å²) in [4.78, 5) is 24.7. The van der Waals surface area contributed by atoms with Crippen molar-refractivity contribution in [2.24, 2.45) is 0 Å². The smallest absolute Gasteiger partial charge is 0.227 e. The quantitative estimate of drug-likeness (QED) is 0.776. The second-order valence-electron chi connectivity index (χ2n) is 5.45. The van der Waals surface area contributed by atoms with Gasteiger partial charge in [-0.25, -0.2) is 14.4 Å². The van der Waals surface area contributed by atoms with Crippen molar-refractivity contribution in [2.45, 2.75) is 6.42 Å². The Morgan fingerprint density at radius 1 is 1.21 bits per heavy atom. The molecular weight excluding hydrogens is 399 g/mol. The van der Waals surface area contributed by atoms with E-state index >= 15 is 0 Å². The lowest BCUT2D eigenvalue weighted by atomic mass is 10.1. The molecular formula is C16H15BrClFN4O. The Morgan fingerprint density at radius 3 is 2.50 bits per heavy atom. The average Bonchev–Trinajstić information content (AvgIpc) is 2.59. The molecule has 0 saturated carbocycles. The van der Waals surface area contributed by atoms with Crippen molar-refractivity contribution in [1.29, 1.82) is 0 Å². The van der Waals surface area contributed by atoms with Gasteiger partial charge in [-0.3, -0.25) is 4.79 Å². The normalized spacial score (nSPS) is 14.8. The summed E-state index contributed by atoms with van der Waals surface area (Å²) in [5.74, 6) is 0.0681. The molecule has 2 aromatic rings. The minimum atomic E-state index is -0.447. The molecule has 8 heteroatoms. The van der Waals surface area contributed by atoms with Gasteiger partial charge >= 0.3 is 0 Å². The van der Waals surface area contributed by atoms with Crippen LogP contribution in [0.4, 0.5) is 10.3 Å². The van der Waals surface area contributed by atoms with Crippen LogP contribution in [0.3, 0.4) is 0 Å². The van der Waals surface area contributed by atoms with Gasteiger partial charge < -0.3 is 9.80 Å². The van der Waals surface area contributed by atoms with Gasteiger partial charge in [0, 0.05) is 49.2 Å². The first-order valence-corrected chi connectivity index (χ1v) is 8.65. The zero-order valence-electron chi connectivity index (χ0n) is 12.8. The zero-order valence-corrected chi connectivity index (χ0v) is 15.1. The van der Waals surface area contributed by atoms with Gasteiger partial charge in [-0.1, -0.05) is 17.7 Å². The lowest BCUT2D eigenvalue weighted by molar-refractivity contribution is -0.130. The van der Waals surface area contributed by atoms with Crippen molar-refractivity contribution in [3.8, 4) is 0 Å². The summed E-state index contributed by atoms with van der Waals surface area (Å²) in [6, 6.07) is 4.44. The number of carbonyl (C=O) groups excluding carboxylic acids is 1. The van der Waals surface area contributed by atoms with Gasteiger partial charge in [0.1, 0.15) is 5.82 Å². The molecule has 1 aliphatic rings. The topological polar surface area (TPSA) is 49.3 Å². The van der Waals surface area contributed by atoms with Crippen LogP contribution in [0.15, 0.2) is 35.1 Å². The largest absolute Gasteiger partial charge is 0.339 e. The molecule has 1 fully saturated rings. The molecule has 0 bridgehead atoms. The van der Waals surface area contributed by atoms with Crippen molar-refractivity contribution in [2.75, 3.05) is 31.1 Å². The molecule has 1 amide bonds. The number of carbonyl (C=O) groups is 1. The standard InChI is InChI=1S/C16H15BrClFN4O/c17-11-9-20-16(21-10-11)23-6-4-22(5-7-23)15(24)8-12-13(18)2-1-3-14(12)19/h1-3,9-10H,4-8H2. The van der Waals surface area contributed by atoms with Crippen LogP contribution >= 0.6 is 27.5 Å². The number of rotatable bonds is 3. The first-order chi connectivity index (χ1) is 11.5. The molecule has 0 N–H and O–H groups in total. The average molecular weight is 414 g/mol. The predicted octanol–water partition coefficient (Wildman–Crippen LogP) is 2.92. The van der Waals surface area contributed by atoms with Gasteiger partial charge in [0.25, 0.3) is 0 Å². The molecule has 2 heterocycles. The second kappa shape index (κ2) is 7.44. The van der Waals surface area contributed by atoms with Crippen LogP contribution < -0.4 is 4.90 Å². The highest BCUT2D eigenvalue weighted by molar-refractivity contribution is 9.10. The molecule has 0 atom stereocenters. The lowest BCUT2D eigenvalue weighted by Crippen LogP contribution is -2.49. The summed E-state index contributed by atoms with van der Waals surface area (Å²) < 4.78 is 14.6. The number of halogens is 3. The summed E-state index contributed by atoms with van der Waals surface area (Å²) in [6.45, 7) is 2.37. The Labute approximate surface area is 152 Å². The number of hydrogen-bond acceptors (Lipinski definition) is 4. The minimum Gasteiger partial charge on any atom is -0.339 e. The molecule has 1 aromatic carbocycles. The van der Waals surface area contributed by atoms with Crippen LogP contribution in [0, 0.1) is 5.82 Å². The Morgan fingerprint density at radius 2 is 1.88 bits per heavy atom. The van der Waals surface area contributed by atoms with E-state index in [1.165, 1.54) is 12.1 Å². The molecule has 5 nitrogen and oxygen atoms in total. The maximum atomic E-state index is 13.8. The fourth-order valence-corrected chi connectivity index (χ4v) is 3.02. The lowest BCUT2D eigenvalue weighted by Gasteiger charge is -2.34. The van der Waals surface area contributed by atoms with Crippen LogP contribution in [-0.4, -0.2) is 47.0 Å². The van der Waals surface area contributed by atoms with Crippen molar-refractivity contribution in [3.05, 3.63) is 51.5 Å². The maximum absolute atomic E-state index is 13.8. The number of anilines is 1. The molecule has 0 aliphatic carbocycles. The van der Waals surface area contributed by atoms with E-state index in [0.717, 1.165) is 4.47 Å². The third-order valence-corrected chi connectivity index (χ3v) is 4.68. The highest BCUT2D eigenvalue weighted by Gasteiger charge is 2.24. The third kappa shape index (κ3) is 3.84. The number of aromatic nitrogens is 2. The molecule has 3 rings (SSSR count). The summed E-state index contributed by atoms with van der Waals surface area (Å²) in [6.07, 6.45) is 3.36. The molecule has 0 radical (unpaired) electrons. The van der Waals surface area contributed by atoms with Crippen LogP contribution in [0.1, 0.15) is 5.56 Å². The highest BCUT2D eigenvalue weighted by Crippen LogP contribution is 2.21. The summed E-state index contributed by atoms with van der Waals surface area (Å²) in [5, 5.41) is 0.283. The maximum Gasteiger partial charge on any atom is 0.227 e. The van der Waals surface area contributed by atoms with Crippen LogP contribution in [0.25, 0.3) is 0 Å². The third-order valence-electron chi connectivity index (χ3n) is 3.91.